The van der Waals surface area contributed by atoms with Gasteiger partial charge in [-0.05, 0) is 37.0 Å². The van der Waals surface area contributed by atoms with Crippen molar-refractivity contribution in [3.63, 3.8) is 0 Å². The highest BCUT2D eigenvalue weighted by molar-refractivity contribution is 5.94. The number of nitrogens with zero attached hydrogens (tertiary/aromatic N) is 2. The van der Waals surface area contributed by atoms with E-state index in [1.165, 1.54) is 37.5 Å². The Kier molecular flexibility index (Phi) is 6.63. The third kappa shape index (κ3) is 5.40. The minimum atomic E-state index is -2.92. The number of carbonyl (C=O) groups is 2. The van der Waals surface area contributed by atoms with E-state index in [0.717, 1.165) is 12.8 Å². The second-order valence-corrected chi connectivity index (χ2v) is 7.29. The highest BCUT2D eigenvalue weighted by atomic mass is 19.3. The van der Waals surface area contributed by atoms with Crippen LogP contribution in [0.25, 0.3) is 0 Å². The topological polar surface area (TPSA) is 49.9 Å². The predicted molar refractivity (Wildman–Crippen MR) is 96.7 cm³/mol. The number of halogens is 2. The fourth-order valence-corrected chi connectivity index (χ4v) is 3.91. The van der Waals surface area contributed by atoms with E-state index in [1.807, 2.05) is 4.90 Å². The molecule has 1 aromatic rings. The van der Waals surface area contributed by atoms with Crippen LogP contribution in [0.4, 0.5) is 8.78 Å². The lowest BCUT2D eigenvalue weighted by atomic mass is 9.86. The van der Waals surface area contributed by atoms with Crippen molar-refractivity contribution in [1.82, 2.24) is 9.80 Å². The minimum absolute atomic E-state index is 0.0304. The van der Waals surface area contributed by atoms with Crippen molar-refractivity contribution in [3.05, 3.63) is 29.8 Å². The van der Waals surface area contributed by atoms with E-state index >= 15 is 0 Å². The zero-order chi connectivity index (χ0) is 19.2. The maximum atomic E-state index is 12.6. The molecular formula is C20H26F2N2O3. The summed E-state index contributed by atoms with van der Waals surface area (Å²) in [6.45, 7) is -0.978. The molecule has 2 amide bonds. The van der Waals surface area contributed by atoms with E-state index in [-0.39, 0.29) is 17.6 Å². The first-order chi connectivity index (χ1) is 13.0. The molecule has 0 radical (unpaired) electrons. The molecule has 0 aromatic heterocycles. The lowest BCUT2D eigenvalue weighted by molar-refractivity contribution is -0.133. The van der Waals surface area contributed by atoms with Gasteiger partial charge in [-0.1, -0.05) is 25.3 Å². The van der Waals surface area contributed by atoms with E-state index < -0.39 is 6.61 Å². The van der Waals surface area contributed by atoms with Crippen LogP contribution in [0.1, 0.15) is 48.9 Å². The smallest absolute Gasteiger partial charge is 0.387 e. The van der Waals surface area contributed by atoms with E-state index in [2.05, 4.69) is 4.74 Å². The number of piperazine rings is 1. The first-order valence-electron chi connectivity index (χ1n) is 9.65. The average Bonchev–Trinajstić information content (AvgIpc) is 2.68. The number of benzene rings is 1. The number of hydrogen-bond acceptors (Lipinski definition) is 3. The summed E-state index contributed by atoms with van der Waals surface area (Å²) in [4.78, 5) is 28.6. The molecule has 0 N–H and O–H groups in total. The quantitative estimate of drug-likeness (QED) is 0.785. The van der Waals surface area contributed by atoms with Crippen molar-refractivity contribution in [2.75, 3.05) is 26.2 Å². The number of alkyl halides is 2. The first-order valence-corrected chi connectivity index (χ1v) is 9.65. The van der Waals surface area contributed by atoms with Crippen molar-refractivity contribution >= 4 is 11.8 Å². The molecule has 27 heavy (non-hydrogen) atoms. The molecule has 0 bridgehead atoms. The van der Waals surface area contributed by atoms with Crippen molar-refractivity contribution in [1.29, 1.82) is 0 Å². The molecule has 2 fully saturated rings. The van der Waals surface area contributed by atoms with Crippen LogP contribution in [0.2, 0.25) is 0 Å². The van der Waals surface area contributed by atoms with Crippen molar-refractivity contribution in [2.45, 2.75) is 45.1 Å². The molecule has 2 aliphatic rings. The molecule has 1 aliphatic carbocycles. The molecule has 0 spiro atoms. The van der Waals surface area contributed by atoms with Gasteiger partial charge < -0.3 is 14.5 Å². The Morgan fingerprint density at radius 1 is 1.04 bits per heavy atom. The molecule has 1 aliphatic heterocycles. The lowest BCUT2D eigenvalue weighted by Gasteiger charge is -2.35. The van der Waals surface area contributed by atoms with Gasteiger partial charge in [-0.25, -0.2) is 0 Å². The highest BCUT2D eigenvalue weighted by Crippen LogP contribution is 2.27. The summed E-state index contributed by atoms with van der Waals surface area (Å²) in [5.41, 5.74) is 0.315. The molecular weight excluding hydrogens is 354 g/mol. The maximum absolute atomic E-state index is 12.6. The van der Waals surface area contributed by atoms with Crippen LogP contribution >= 0.6 is 0 Å². The Hall–Kier alpha value is -2.18. The number of hydrogen-bond donors (Lipinski definition) is 0. The number of carbonyl (C=O) groups excluding carboxylic acids is 2. The zero-order valence-corrected chi connectivity index (χ0v) is 15.4. The standard InChI is InChI=1S/C20H26F2N2O3/c21-20(22)27-17-8-4-7-16(14-17)19(26)24-11-9-23(10-12-24)18(25)13-15-5-2-1-3-6-15/h4,7-8,14-15,20H,1-3,5-6,9-13H2. The van der Waals surface area contributed by atoms with Gasteiger partial charge in [0.15, 0.2) is 0 Å². The Morgan fingerprint density at radius 2 is 1.70 bits per heavy atom. The van der Waals surface area contributed by atoms with Gasteiger partial charge in [0.2, 0.25) is 5.91 Å². The minimum Gasteiger partial charge on any atom is -0.435 e. The third-order valence-corrected chi connectivity index (χ3v) is 5.41. The monoisotopic (exact) mass is 380 g/mol. The van der Waals surface area contributed by atoms with Gasteiger partial charge >= 0.3 is 6.61 Å². The van der Waals surface area contributed by atoms with Gasteiger partial charge in [0.1, 0.15) is 5.75 Å². The van der Waals surface area contributed by atoms with Crippen LogP contribution < -0.4 is 4.74 Å². The second-order valence-electron chi connectivity index (χ2n) is 7.29. The van der Waals surface area contributed by atoms with E-state index in [1.54, 1.807) is 11.0 Å². The molecule has 0 unspecified atom stereocenters. The summed E-state index contributed by atoms with van der Waals surface area (Å²) in [5, 5.41) is 0. The van der Waals surface area contributed by atoms with Gasteiger partial charge in [0.05, 0.1) is 0 Å². The largest absolute Gasteiger partial charge is 0.435 e. The van der Waals surface area contributed by atoms with Crippen molar-refractivity contribution in [2.24, 2.45) is 5.92 Å². The molecule has 1 aromatic carbocycles. The lowest BCUT2D eigenvalue weighted by Crippen LogP contribution is -2.50. The fourth-order valence-electron chi connectivity index (χ4n) is 3.91. The van der Waals surface area contributed by atoms with Crippen LogP contribution in [0, 0.1) is 5.92 Å². The second kappa shape index (κ2) is 9.15. The van der Waals surface area contributed by atoms with Gasteiger partial charge in [-0.3, -0.25) is 9.59 Å². The molecule has 3 rings (SSSR count). The number of rotatable bonds is 5. The summed E-state index contributed by atoms with van der Waals surface area (Å²) < 4.78 is 29.0. The van der Waals surface area contributed by atoms with Gasteiger partial charge in [-0.15, -0.1) is 0 Å². The summed E-state index contributed by atoms with van der Waals surface area (Å²) in [7, 11) is 0. The van der Waals surface area contributed by atoms with Crippen LogP contribution in [0.5, 0.6) is 5.75 Å². The van der Waals surface area contributed by atoms with Crippen molar-refractivity contribution in [3.8, 4) is 5.75 Å². The van der Waals surface area contributed by atoms with Crippen LogP contribution in [0.3, 0.4) is 0 Å². The fraction of sp³-hybridized carbons (Fsp3) is 0.600. The molecule has 1 saturated carbocycles. The first kappa shape index (κ1) is 19.6. The summed E-state index contributed by atoms with van der Waals surface area (Å²) in [5.74, 6) is 0.427. The van der Waals surface area contributed by atoms with Crippen LogP contribution in [-0.2, 0) is 4.79 Å². The Bertz CT molecular complexity index is 654. The van der Waals surface area contributed by atoms with E-state index in [0.29, 0.717) is 44.1 Å². The number of amides is 2. The molecule has 7 heteroatoms. The summed E-state index contributed by atoms with van der Waals surface area (Å²) in [6, 6.07) is 5.83. The SMILES string of the molecule is O=C(CC1CCCCC1)N1CCN(C(=O)c2cccc(OC(F)F)c2)CC1. The molecule has 0 atom stereocenters. The van der Waals surface area contributed by atoms with E-state index in [4.69, 9.17) is 0 Å². The predicted octanol–water partition coefficient (Wildman–Crippen LogP) is 3.54. The normalized spacial score (nSPS) is 18.6. The molecule has 1 heterocycles. The Balaban J connectivity index is 1.51. The molecule has 5 nitrogen and oxygen atoms in total. The van der Waals surface area contributed by atoms with E-state index in [9.17, 15) is 18.4 Å². The molecule has 1 saturated heterocycles. The van der Waals surface area contributed by atoms with Gasteiger partial charge in [0.25, 0.3) is 5.91 Å². The Labute approximate surface area is 158 Å². The summed E-state index contributed by atoms with van der Waals surface area (Å²) in [6.07, 6.45) is 6.60. The third-order valence-electron chi connectivity index (χ3n) is 5.41. The van der Waals surface area contributed by atoms with Crippen LogP contribution in [-0.4, -0.2) is 54.4 Å². The highest BCUT2D eigenvalue weighted by Gasteiger charge is 2.27. The summed E-state index contributed by atoms with van der Waals surface area (Å²) >= 11 is 0. The number of ether oxygens (including phenoxy) is 1. The zero-order valence-electron chi connectivity index (χ0n) is 15.4. The van der Waals surface area contributed by atoms with Crippen LogP contribution in [0.15, 0.2) is 24.3 Å². The molecule has 148 valence electrons. The van der Waals surface area contributed by atoms with Gasteiger partial charge in [0, 0.05) is 38.2 Å². The van der Waals surface area contributed by atoms with Gasteiger partial charge in [-0.2, -0.15) is 8.78 Å². The Morgan fingerprint density at radius 3 is 2.37 bits per heavy atom. The average molecular weight is 380 g/mol. The maximum Gasteiger partial charge on any atom is 0.387 e. The van der Waals surface area contributed by atoms with Crippen molar-refractivity contribution < 1.29 is 23.1 Å².